The minimum atomic E-state index is -0.317. The Labute approximate surface area is 133 Å². The zero-order chi connectivity index (χ0) is 16.4. The molecule has 0 amide bonds. The summed E-state index contributed by atoms with van der Waals surface area (Å²) >= 11 is 0. The van der Waals surface area contributed by atoms with Crippen LogP contribution in [-0.2, 0) is 0 Å². The first kappa shape index (κ1) is 14.9. The molecule has 3 rings (SSSR count). The van der Waals surface area contributed by atoms with Crippen LogP contribution in [0.4, 0.5) is 8.78 Å². The summed E-state index contributed by atoms with van der Waals surface area (Å²) in [4.78, 5) is 4.62. The van der Waals surface area contributed by atoms with Crippen molar-refractivity contribution in [1.29, 1.82) is 0 Å². The third kappa shape index (κ3) is 2.97. The third-order valence-electron chi connectivity index (χ3n) is 3.62. The minimum absolute atomic E-state index is 0.301. The Morgan fingerprint density at radius 2 is 1.39 bits per heavy atom. The monoisotopic (exact) mass is 305 g/mol. The number of terminal acetylenes is 1. The van der Waals surface area contributed by atoms with Crippen LogP contribution in [0.25, 0.3) is 22.5 Å². The molecular weight excluding hydrogens is 292 g/mol. The molecule has 3 heteroatoms. The van der Waals surface area contributed by atoms with Crippen molar-refractivity contribution >= 4 is 0 Å². The Bertz CT molecular complexity index is 889. The lowest BCUT2D eigenvalue weighted by Crippen LogP contribution is -1.96. The second kappa shape index (κ2) is 6.02. The molecule has 0 fully saturated rings. The molecule has 0 unspecified atom stereocenters. The number of halogens is 2. The van der Waals surface area contributed by atoms with Gasteiger partial charge in [0.1, 0.15) is 11.6 Å². The fourth-order valence-electron chi connectivity index (χ4n) is 2.44. The molecule has 0 bridgehead atoms. The van der Waals surface area contributed by atoms with Crippen molar-refractivity contribution in [3.05, 3.63) is 77.4 Å². The van der Waals surface area contributed by atoms with E-state index in [1.165, 1.54) is 24.3 Å². The molecule has 3 aromatic rings. The molecular formula is C20H13F2N. The van der Waals surface area contributed by atoms with E-state index in [2.05, 4.69) is 10.9 Å². The van der Waals surface area contributed by atoms with Crippen LogP contribution in [-0.4, -0.2) is 4.98 Å². The number of benzene rings is 2. The van der Waals surface area contributed by atoms with Gasteiger partial charge in [-0.3, -0.25) is 0 Å². The fourth-order valence-corrected chi connectivity index (χ4v) is 2.44. The summed E-state index contributed by atoms with van der Waals surface area (Å²) in [6.07, 6.45) is 5.61. The second-order valence-electron chi connectivity index (χ2n) is 5.21. The molecule has 0 saturated carbocycles. The predicted molar refractivity (Wildman–Crippen MR) is 87.7 cm³/mol. The van der Waals surface area contributed by atoms with Gasteiger partial charge in [-0.15, -0.1) is 6.42 Å². The van der Waals surface area contributed by atoms with E-state index in [0.717, 1.165) is 16.7 Å². The molecule has 2 aromatic carbocycles. The summed E-state index contributed by atoms with van der Waals surface area (Å²) in [5.74, 6) is 2.03. The molecule has 0 aliphatic carbocycles. The zero-order valence-electron chi connectivity index (χ0n) is 12.5. The van der Waals surface area contributed by atoms with Crippen LogP contribution in [0, 0.1) is 30.9 Å². The molecule has 0 spiro atoms. The van der Waals surface area contributed by atoms with Gasteiger partial charge in [0.05, 0.1) is 17.0 Å². The summed E-state index contributed by atoms with van der Waals surface area (Å²) in [6, 6.07) is 14.0. The van der Waals surface area contributed by atoms with Crippen molar-refractivity contribution in [3.8, 4) is 34.9 Å². The summed E-state index contributed by atoms with van der Waals surface area (Å²) in [5.41, 5.74) is 4.41. The average molecular weight is 305 g/mol. The van der Waals surface area contributed by atoms with E-state index in [-0.39, 0.29) is 11.6 Å². The molecule has 23 heavy (non-hydrogen) atoms. The van der Waals surface area contributed by atoms with Gasteiger partial charge >= 0.3 is 0 Å². The maximum Gasteiger partial charge on any atom is 0.123 e. The van der Waals surface area contributed by atoms with Gasteiger partial charge in [-0.25, -0.2) is 13.8 Å². The van der Waals surface area contributed by atoms with Crippen molar-refractivity contribution in [1.82, 2.24) is 4.98 Å². The molecule has 1 heterocycles. The Morgan fingerprint density at radius 3 is 1.91 bits per heavy atom. The Balaban J connectivity index is 2.20. The van der Waals surface area contributed by atoms with Gasteiger partial charge in [0.2, 0.25) is 0 Å². The molecule has 0 radical (unpaired) electrons. The van der Waals surface area contributed by atoms with Crippen molar-refractivity contribution in [2.75, 3.05) is 0 Å². The number of pyridine rings is 1. The fraction of sp³-hybridized carbons (Fsp3) is 0.0500. The van der Waals surface area contributed by atoms with Crippen molar-refractivity contribution < 1.29 is 8.78 Å². The van der Waals surface area contributed by atoms with Crippen LogP contribution in [0.2, 0.25) is 0 Å². The van der Waals surface area contributed by atoms with Crippen molar-refractivity contribution in [3.63, 3.8) is 0 Å². The first-order valence-electron chi connectivity index (χ1n) is 7.08. The molecule has 0 aliphatic heterocycles. The first-order chi connectivity index (χ1) is 11.1. The lowest BCUT2D eigenvalue weighted by Gasteiger charge is -2.11. The van der Waals surface area contributed by atoms with Crippen LogP contribution in [0.3, 0.4) is 0 Å². The van der Waals surface area contributed by atoms with E-state index in [1.54, 1.807) is 24.3 Å². The normalized spacial score (nSPS) is 10.3. The van der Waals surface area contributed by atoms with Gasteiger partial charge in [0.25, 0.3) is 0 Å². The van der Waals surface area contributed by atoms with Crippen LogP contribution >= 0.6 is 0 Å². The Kier molecular flexibility index (Phi) is 3.91. The molecule has 0 atom stereocenters. The summed E-state index contributed by atoms with van der Waals surface area (Å²) in [5, 5.41) is 0. The highest BCUT2D eigenvalue weighted by atomic mass is 19.1. The highest BCUT2D eigenvalue weighted by Gasteiger charge is 2.12. The Morgan fingerprint density at radius 1 is 0.870 bits per heavy atom. The highest BCUT2D eigenvalue weighted by molar-refractivity contribution is 5.73. The number of nitrogens with zero attached hydrogens (tertiary/aromatic N) is 1. The number of hydrogen-bond donors (Lipinski definition) is 0. The number of aryl methyl sites for hydroxylation is 1. The summed E-state index contributed by atoms with van der Waals surface area (Å²) in [7, 11) is 0. The van der Waals surface area contributed by atoms with Crippen LogP contribution < -0.4 is 0 Å². The first-order valence-corrected chi connectivity index (χ1v) is 7.08. The average Bonchev–Trinajstić information content (AvgIpc) is 2.55. The van der Waals surface area contributed by atoms with E-state index in [9.17, 15) is 8.78 Å². The zero-order valence-corrected chi connectivity index (χ0v) is 12.5. The SMILES string of the molecule is C#Cc1c(C)cc(-c2ccc(F)cc2)nc1-c1ccc(F)cc1. The number of aromatic nitrogens is 1. The number of hydrogen-bond acceptors (Lipinski definition) is 1. The minimum Gasteiger partial charge on any atom is -0.246 e. The largest absolute Gasteiger partial charge is 0.246 e. The van der Waals surface area contributed by atoms with Gasteiger partial charge in [-0.05, 0) is 67.1 Å². The lowest BCUT2D eigenvalue weighted by molar-refractivity contribution is 0.627. The van der Waals surface area contributed by atoms with Gasteiger partial charge in [-0.1, -0.05) is 5.92 Å². The molecule has 1 aromatic heterocycles. The summed E-state index contributed by atoms with van der Waals surface area (Å²) in [6.45, 7) is 1.90. The highest BCUT2D eigenvalue weighted by Crippen LogP contribution is 2.28. The molecule has 0 aliphatic rings. The van der Waals surface area contributed by atoms with Crippen LogP contribution in [0.15, 0.2) is 54.6 Å². The van der Waals surface area contributed by atoms with Crippen molar-refractivity contribution in [2.45, 2.75) is 6.92 Å². The maximum absolute atomic E-state index is 13.1. The van der Waals surface area contributed by atoms with Crippen LogP contribution in [0.1, 0.15) is 11.1 Å². The lowest BCUT2D eigenvalue weighted by atomic mass is 9.99. The molecule has 0 saturated heterocycles. The Hall–Kier alpha value is -2.99. The third-order valence-corrected chi connectivity index (χ3v) is 3.62. The van der Waals surface area contributed by atoms with Crippen LogP contribution in [0.5, 0.6) is 0 Å². The van der Waals surface area contributed by atoms with E-state index in [0.29, 0.717) is 17.0 Å². The van der Waals surface area contributed by atoms with Gasteiger partial charge in [0, 0.05) is 11.1 Å². The van der Waals surface area contributed by atoms with E-state index in [4.69, 9.17) is 6.42 Å². The second-order valence-corrected chi connectivity index (χ2v) is 5.21. The molecule has 112 valence electrons. The van der Waals surface area contributed by atoms with Gasteiger partial charge in [0.15, 0.2) is 0 Å². The number of rotatable bonds is 2. The summed E-state index contributed by atoms with van der Waals surface area (Å²) < 4.78 is 26.2. The quantitative estimate of drug-likeness (QED) is 0.608. The topological polar surface area (TPSA) is 12.9 Å². The molecule has 0 N–H and O–H groups in total. The maximum atomic E-state index is 13.1. The standard InChI is InChI=1S/C20H13F2N/c1-3-18-13(2)12-19(14-4-8-16(21)9-5-14)23-20(18)15-6-10-17(22)11-7-15/h1,4-12H,2H3. The van der Waals surface area contributed by atoms with E-state index >= 15 is 0 Å². The van der Waals surface area contributed by atoms with Gasteiger partial charge < -0.3 is 0 Å². The predicted octanol–water partition coefficient (Wildman–Crippen LogP) is 4.98. The van der Waals surface area contributed by atoms with Crippen molar-refractivity contribution in [2.24, 2.45) is 0 Å². The van der Waals surface area contributed by atoms with Gasteiger partial charge in [-0.2, -0.15) is 0 Å². The smallest absolute Gasteiger partial charge is 0.123 e. The van der Waals surface area contributed by atoms with E-state index in [1.807, 2.05) is 13.0 Å². The molecule has 1 nitrogen and oxygen atoms in total. The van der Waals surface area contributed by atoms with E-state index < -0.39 is 0 Å².